The van der Waals surface area contributed by atoms with E-state index in [1.807, 2.05) is 4.90 Å². The number of carbonyl (C=O) groups is 2. The van der Waals surface area contributed by atoms with Crippen molar-refractivity contribution in [2.45, 2.75) is 77.7 Å². The first kappa shape index (κ1) is 16.3. The van der Waals surface area contributed by atoms with Crippen LogP contribution in [0.25, 0.3) is 0 Å². The summed E-state index contributed by atoms with van der Waals surface area (Å²) in [6, 6.07) is 0.139. The number of nitrogens with zero attached hydrogens (tertiary/aromatic N) is 1. The summed E-state index contributed by atoms with van der Waals surface area (Å²) in [5, 5.41) is 8.90. The van der Waals surface area contributed by atoms with E-state index in [1.165, 1.54) is 6.42 Å². The smallest absolute Gasteiger partial charge is 0.303 e. The molecule has 21 heavy (non-hydrogen) atoms. The van der Waals surface area contributed by atoms with Crippen molar-refractivity contribution in [1.29, 1.82) is 0 Å². The maximum atomic E-state index is 13.0. The summed E-state index contributed by atoms with van der Waals surface area (Å²) in [6.45, 7) is 5.24. The highest BCUT2D eigenvalue weighted by molar-refractivity contribution is 5.80. The third-order valence-corrected chi connectivity index (χ3v) is 5.41. The third kappa shape index (κ3) is 3.98. The number of carbonyl (C=O) groups excluding carboxylic acids is 1. The molecule has 1 N–H and O–H groups in total. The summed E-state index contributed by atoms with van der Waals surface area (Å²) in [6.07, 6.45) is 8.39. The maximum Gasteiger partial charge on any atom is 0.303 e. The van der Waals surface area contributed by atoms with Crippen LogP contribution in [-0.2, 0) is 9.59 Å². The number of rotatable bonds is 4. The van der Waals surface area contributed by atoms with Gasteiger partial charge in [-0.25, -0.2) is 0 Å². The number of carboxylic acid groups (broad SMARTS) is 1. The van der Waals surface area contributed by atoms with Crippen molar-refractivity contribution in [1.82, 2.24) is 4.90 Å². The predicted molar refractivity (Wildman–Crippen MR) is 82.0 cm³/mol. The molecule has 1 amide bonds. The molecule has 2 atom stereocenters. The average molecular weight is 295 g/mol. The van der Waals surface area contributed by atoms with Crippen LogP contribution in [0.1, 0.15) is 71.6 Å². The number of hydrogen-bond acceptors (Lipinski definition) is 2. The van der Waals surface area contributed by atoms with E-state index in [0.29, 0.717) is 6.42 Å². The third-order valence-electron chi connectivity index (χ3n) is 5.41. The van der Waals surface area contributed by atoms with Gasteiger partial charge in [0.15, 0.2) is 0 Å². The Hall–Kier alpha value is -1.06. The van der Waals surface area contributed by atoms with Gasteiger partial charge in [-0.05, 0) is 43.9 Å². The minimum absolute atomic E-state index is 0.0874. The maximum absolute atomic E-state index is 13.0. The minimum atomic E-state index is -0.758. The quantitative estimate of drug-likeness (QED) is 0.864. The minimum Gasteiger partial charge on any atom is -0.481 e. The van der Waals surface area contributed by atoms with E-state index < -0.39 is 5.97 Å². The molecule has 0 bridgehead atoms. The zero-order valence-electron chi connectivity index (χ0n) is 13.4. The van der Waals surface area contributed by atoms with Gasteiger partial charge in [0.2, 0.25) is 5.91 Å². The van der Waals surface area contributed by atoms with Gasteiger partial charge in [0.25, 0.3) is 0 Å². The molecule has 4 nitrogen and oxygen atoms in total. The van der Waals surface area contributed by atoms with Crippen molar-refractivity contribution < 1.29 is 14.7 Å². The first-order chi connectivity index (χ1) is 9.92. The highest BCUT2D eigenvalue weighted by atomic mass is 16.4. The number of aliphatic carboxylic acids is 1. The molecule has 1 heterocycles. The lowest BCUT2D eigenvalue weighted by molar-refractivity contribution is -0.146. The number of likely N-dealkylation sites (tertiary alicyclic amines) is 1. The molecule has 1 aliphatic heterocycles. The molecular weight excluding hydrogens is 266 g/mol. The second-order valence-electron chi connectivity index (χ2n) is 7.40. The van der Waals surface area contributed by atoms with Gasteiger partial charge >= 0.3 is 5.97 Å². The molecule has 2 aliphatic rings. The Morgan fingerprint density at radius 2 is 1.86 bits per heavy atom. The number of piperidine rings is 1. The van der Waals surface area contributed by atoms with E-state index in [-0.39, 0.29) is 29.7 Å². The van der Waals surface area contributed by atoms with E-state index in [4.69, 9.17) is 5.11 Å². The molecule has 0 radical (unpaired) electrons. The molecule has 2 fully saturated rings. The highest BCUT2D eigenvalue weighted by Crippen LogP contribution is 2.42. The largest absolute Gasteiger partial charge is 0.481 e. The zero-order chi connectivity index (χ0) is 15.5. The summed E-state index contributed by atoms with van der Waals surface area (Å²) in [5.41, 5.74) is 0.0874. The first-order valence-corrected chi connectivity index (χ1v) is 8.44. The predicted octanol–water partition coefficient (Wildman–Crippen LogP) is 3.45. The van der Waals surface area contributed by atoms with Crippen LogP contribution in [-0.4, -0.2) is 34.5 Å². The van der Waals surface area contributed by atoms with E-state index in [1.54, 1.807) is 0 Å². The highest BCUT2D eigenvalue weighted by Gasteiger charge is 2.41. The Morgan fingerprint density at radius 1 is 1.14 bits per heavy atom. The molecule has 0 aromatic heterocycles. The standard InChI is InChI=1S/C17H29NO3/c1-17(2)11-5-3-8-14(17)16(21)18-12-6-4-7-13(18)9-10-15(19)20/h13-14H,3-12H2,1-2H3,(H,19,20). The Bertz CT molecular complexity index is 391. The molecule has 2 rings (SSSR count). The van der Waals surface area contributed by atoms with Gasteiger partial charge in [-0.15, -0.1) is 0 Å². The fourth-order valence-corrected chi connectivity index (χ4v) is 4.03. The van der Waals surface area contributed by atoms with Crippen LogP contribution in [0.3, 0.4) is 0 Å². The molecule has 1 aliphatic carbocycles. The topological polar surface area (TPSA) is 57.6 Å². The van der Waals surface area contributed by atoms with Crippen molar-refractivity contribution in [2.24, 2.45) is 11.3 Å². The normalized spacial score (nSPS) is 29.1. The molecule has 1 saturated carbocycles. The molecule has 0 spiro atoms. The second-order valence-corrected chi connectivity index (χ2v) is 7.40. The molecule has 1 saturated heterocycles. The van der Waals surface area contributed by atoms with Crippen LogP contribution in [0.15, 0.2) is 0 Å². The van der Waals surface area contributed by atoms with Gasteiger partial charge in [-0.1, -0.05) is 26.7 Å². The van der Waals surface area contributed by atoms with E-state index >= 15 is 0 Å². The van der Waals surface area contributed by atoms with Gasteiger partial charge in [0.05, 0.1) is 0 Å². The van der Waals surface area contributed by atoms with E-state index in [2.05, 4.69) is 13.8 Å². The Kier molecular flexibility index (Phi) is 5.28. The lowest BCUT2D eigenvalue weighted by atomic mass is 9.68. The summed E-state index contributed by atoms with van der Waals surface area (Å²) in [7, 11) is 0. The van der Waals surface area contributed by atoms with Crippen LogP contribution in [0, 0.1) is 11.3 Å². The van der Waals surface area contributed by atoms with Crippen molar-refractivity contribution >= 4 is 11.9 Å². The number of carboxylic acids is 1. The van der Waals surface area contributed by atoms with Gasteiger partial charge < -0.3 is 10.0 Å². The van der Waals surface area contributed by atoms with Crippen LogP contribution < -0.4 is 0 Å². The molecule has 2 unspecified atom stereocenters. The lowest BCUT2D eigenvalue weighted by Crippen LogP contribution is -2.50. The van der Waals surface area contributed by atoms with Crippen molar-refractivity contribution in [3.8, 4) is 0 Å². The van der Waals surface area contributed by atoms with Gasteiger partial charge in [-0.2, -0.15) is 0 Å². The molecular formula is C17H29NO3. The number of amides is 1. The SMILES string of the molecule is CC1(C)CCCCC1C(=O)N1CCCCC1CCC(=O)O. The number of hydrogen-bond donors (Lipinski definition) is 1. The Labute approximate surface area is 127 Å². The van der Waals surface area contributed by atoms with Crippen molar-refractivity contribution in [3.63, 3.8) is 0 Å². The zero-order valence-corrected chi connectivity index (χ0v) is 13.4. The van der Waals surface area contributed by atoms with Crippen LogP contribution in [0.4, 0.5) is 0 Å². The molecule has 4 heteroatoms. The summed E-state index contributed by atoms with van der Waals surface area (Å²) >= 11 is 0. The lowest BCUT2D eigenvalue weighted by Gasteiger charge is -2.44. The fourth-order valence-electron chi connectivity index (χ4n) is 4.03. The van der Waals surface area contributed by atoms with Crippen LogP contribution in [0.5, 0.6) is 0 Å². The molecule has 120 valence electrons. The second kappa shape index (κ2) is 6.80. The van der Waals surface area contributed by atoms with E-state index in [0.717, 1.165) is 45.1 Å². The van der Waals surface area contributed by atoms with Gasteiger partial charge in [0.1, 0.15) is 0 Å². The Morgan fingerprint density at radius 3 is 2.52 bits per heavy atom. The summed E-state index contributed by atoms with van der Waals surface area (Å²) in [5.74, 6) is -0.350. The summed E-state index contributed by atoms with van der Waals surface area (Å²) in [4.78, 5) is 25.8. The monoisotopic (exact) mass is 295 g/mol. The van der Waals surface area contributed by atoms with Crippen molar-refractivity contribution in [2.75, 3.05) is 6.54 Å². The van der Waals surface area contributed by atoms with Crippen LogP contribution in [0.2, 0.25) is 0 Å². The fraction of sp³-hybridized carbons (Fsp3) is 0.882. The average Bonchev–Trinajstić information content (AvgIpc) is 2.44. The van der Waals surface area contributed by atoms with Crippen molar-refractivity contribution in [3.05, 3.63) is 0 Å². The Balaban J connectivity index is 2.05. The van der Waals surface area contributed by atoms with Gasteiger partial charge in [-0.3, -0.25) is 9.59 Å². The van der Waals surface area contributed by atoms with E-state index in [9.17, 15) is 9.59 Å². The summed E-state index contributed by atoms with van der Waals surface area (Å²) < 4.78 is 0. The molecule has 0 aromatic rings. The van der Waals surface area contributed by atoms with Gasteiger partial charge in [0, 0.05) is 24.9 Å². The first-order valence-electron chi connectivity index (χ1n) is 8.44. The van der Waals surface area contributed by atoms with Crippen LogP contribution >= 0.6 is 0 Å². The molecule has 0 aromatic carbocycles.